The topological polar surface area (TPSA) is 0 Å². The zero-order chi connectivity index (χ0) is 26.1. The van der Waals surface area contributed by atoms with Crippen LogP contribution >= 0.6 is 0 Å². The molecule has 2 aliphatic rings. The van der Waals surface area contributed by atoms with Gasteiger partial charge in [0.2, 0.25) is 0 Å². The molecule has 3 aromatic rings. The lowest BCUT2D eigenvalue weighted by Gasteiger charge is -2.34. The van der Waals surface area contributed by atoms with Crippen LogP contribution in [0.15, 0.2) is 36.4 Å². The highest BCUT2D eigenvalue weighted by Crippen LogP contribution is 2.40. The van der Waals surface area contributed by atoms with Crippen molar-refractivity contribution in [2.45, 2.75) is 112 Å². The van der Waals surface area contributed by atoms with Crippen LogP contribution in [0.4, 0.5) is 0 Å². The standard InChI is InChI=1S/C37H50/c1-24-17-26(3)37(27(4)18-24)23-33-13-11-31(12-14-33)20-30-7-9-32(10-8-30)21-34-15-16-36-29(6)28(5)25(2)19-35(36)22-34/h15-19,22,30-33H,7-14,20-21,23H2,1-6H3. The number of benzene rings is 3. The second-order valence-electron chi connectivity index (χ2n) is 13.3. The van der Waals surface area contributed by atoms with E-state index in [2.05, 4.69) is 77.9 Å². The molecular formula is C37H50. The molecule has 0 amide bonds. The fraction of sp³-hybridized carbons (Fsp3) is 0.568. The molecule has 2 fully saturated rings. The van der Waals surface area contributed by atoms with Crippen LogP contribution in [-0.4, -0.2) is 0 Å². The third-order valence-electron chi connectivity index (χ3n) is 10.5. The summed E-state index contributed by atoms with van der Waals surface area (Å²) >= 11 is 0. The molecule has 0 heterocycles. The van der Waals surface area contributed by atoms with Crippen LogP contribution in [-0.2, 0) is 12.8 Å². The van der Waals surface area contributed by atoms with Crippen LogP contribution in [0.3, 0.4) is 0 Å². The summed E-state index contributed by atoms with van der Waals surface area (Å²) in [6.07, 6.45) is 15.8. The van der Waals surface area contributed by atoms with E-state index in [1.807, 2.05) is 0 Å². The third-order valence-corrected chi connectivity index (χ3v) is 10.5. The van der Waals surface area contributed by atoms with E-state index in [1.165, 1.54) is 115 Å². The largest absolute Gasteiger partial charge is 0.0584 e. The molecule has 0 spiro atoms. The molecule has 2 aliphatic carbocycles. The van der Waals surface area contributed by atoms with Crippen molar-refractivity contribution in [3.05, 3.63) is 80.9 Å². The van der Waals surface area contributed by atoms with Gasteiger partial charge in [-0.2, -0.15) is 0 Å². The Labute approximate surface area is 227 Å². The third kappa shape index (κ3) is 6.16. The van der Waals surface area contributed by atoms with Crippen LogP contribution in [0.1, 0.15) is 102 Å². The van der Waals surface area contributed by atoms with E-state index in [-0.39, 0.29) is 0 Å². The van der Waals surface area contributed by atoms with E-state index in [1.54, 1.807) is 11.1 Å². The van der Waals surface area contributed by atoms with Crippen molar-refractivity contribution in [3.63, 3.8) is 0 Å². The summed E-state index contributed by atoms with van der Waals surface area (Å²) in [7, 11) is 0. The van der Waals surface area contributed by atoms with Crippen LogP contribution in [0.25, 0.3) is 10.8 Å². The molecule has 0 saturated heterocycles. The molecule has 0 radical (unpaired) electrons. The van der Waals surface area contributed by atoms with Crippen LogP contribution < -0.4 is 0 Å². The average molecular weight is 495 g/mol. The predicted molar refractivity (Wildman–Crippen MR) is 162 cm³/mol. The van der Waals surface area contributed by atoms with Gasteiger partial charge in [-0.05, 0) is 160 Å². The monoisotopic (exact) mass is 494 g/mol. The van der Waals surface area contributed by atoms with Gasteiger partial charge < -0.3 is 0 Å². The summed E-state index contributed by atoms with van der Waals surface area (Å²) in [4.78, 5) is 0. The van der Waals surface area contributed by atoms with Gasteiger partial charge in [-0.15, -0.1) is 0 Å². The number of aryl methyl sites for hydroxylation is 5. The molecule has 0 N–H and O–H groups in total. The Bertz CT molecular complexity index is 1210. The molecule has 0 unspecified atom stereocenters. The molecular weight excluding hydrogens is 444 g/mol. The van der Waals surface area contributed by atoms with Gasteiger partial charge >= 0.3 is 0 Å². The van der Waals surface area contributed by atoms with Crippen molar-refractivity contribution < 1.29 is 0 Å². The Hall–Kier alpha value is -2.08. The van der Waals surface area contributed by atoms with Crippen LogP contribution in [0.5, 0.6) is 0 Å². The second-order valence-corrected chi connectivity index (χ2v) is 13.3. The van der Waals surface area contributed by atoms with E-state index >= 15 is 0 Å². The van der Waals surface area contributed by atoms with E-state index in [9.17, 15) is 0 Å². The lowest BCUT2D eigenvalue weighted by atomic mass is 9.71. The number of hydrogen-bond donors (Lipinski definition) is 0. The normalized spacial score (nSPS) is 24.5. The first-order valence-corrected chi connectivity index (χ1v) is 15.3. The minimum Gasteiger partial charge on any atom is -0.0584 e. The SMILES string of the molecule is Cc1cc(C)c(CC2CCC(CC3CCC(Cc4ccc5c(C)c(C)c(C)cc5c4)CC3)CC2)c(C)c1. The van der Waals surface area contributed by atoms with Crippen molar-refractivity contribution in [3.8, 4) is 0 Å². The fourth-order valence-corrected chi connectivity index (χ4v) is 8.01. The van der Waals surface area contributed by atoms with Gasteiger partial charge in [0, 0.05) is 0 Å². The quantitative estimate of drug-likeness (QED) is 0.320. The van der Waals surface area contributed by atoms with Crippen molar-refractivity contribution >= 4 is 10.8 Å². The molecule has 5 rings (SSSR count). The minimum atomic E-state index is 0.887. The molecule has 0 aromatic heterocycles. The van der Waals surface area contributed by atoms with Crippen LogP contribution in [0.2, 0.25) is 0 Å². The number of fused-ring (bicyclic) bond motifs is 1. The first kappa shape index (κ1) is 26.5. The highest BCUT2D eigenvalue weighted by molar-refractivity contribution is 5.88. The second kappa shape index (κ2) is 11.3. The summed E-state index contributed by atoms with van der Waals surface area (Å²) in [6.45, 7) is 13.7. The number of hydrogen-bond acceptors (Lipinski definition) is 0. The molecule has 0 bridgehead atoms. The molecule has 0 heteroatoms. The molecule has 37 heavy (non-hydrogen) atoms. The van der Waals surface area contributed by atoms with Crippen molar-refractivity contribution in [2.75, 3.05) is 0 Å². The van der Waals surface area contributed by atoms with Crippen LogP contribution in [0, 0.1) is 65.2 Å². The van der Waals surface area contributed by atoms with E-state index in [0.717, 1.165) is 23.7 Å². The maximum Gasteiger partial charge on any atom is -0.0152 e. The summed E-state index contributed by atoms with van der Waals surface area (Å²) in [5.74, 6) is 3.78. The van der Waals surface area contributed by atoms with Gasteiger partial charge in [-0.3, -0.25) is 0 Å². The molecule has 198 valence electrons. The van der Waals surface area contributed by atoms with Gasteiger partial charge in [0.05, 0.1) is 0 Å². The lowest BCUT2D eigenvalue weighted by molar-refractivity contribution is 0.191. The summed E-state index contributed by atoms with van der Waals surface area (Å²) in [5, 5.41) is 2.88. The minimum absolute atomic E-state index is 0.887. The fourth-order valence-electron chi connectivity index (χ4n) is 8.01. The first-order chi connectivity index (χ1) is 17.8. The van der Waals surface area contributed by atoms with Gasteiger partial charge in [-0.25, -0.2) is 0 Å². The predicted octanol–water partition coefficient (Wildman–Crippen LogP) is 10.5. The van der Waals surface area contributed by atoms with Gasteiger partial charge in [0.15, 0.2) is 0 Å². The summed E-state index contributed by atoms with van der Waals surface area (Å²) in [5.41, 5.74) is 12.0. The molecule has 3 aromatic carbocycles. The zero-order valence-corrected chi connectivity index (χ0v) is 24.6. The maximum absolute atomic E-state index is 2.49. The van der Waals surface area contributed by atoms with Gasteiger partial charge in [0.1, 0.15) is 0 Å². The van der Waals surface area contributed by atoms with Crippen molar-refractivity contribution in [2.24, 2.45) is 23.7 Å². The Balaban J connectivity index is 1.08. The molecule has 0 aliphatic heterocycles. The molecule has 0 atom stereocenters. The molecule has 0 nitrogen and oxygen atoms in total. The average Bonchev–Trinajstić information content (AvgIpc) is 2.87. The Kier molecular flexibility index (Phi) is 8.13. The zero-order valence-electron chi connectivity index (χ0n) is 24.6. The Morgan fingerprint density at radius 1 is 0.541 bits per heavy atom. The van der Waals surface area contributed by atoms with E-state index in [4.69, 9.17) is 0 Å². The highest BCUT2D eigenvalue weighted by atomic mass is 14.3. The first-order valence-electron chi connectivity index (χ1n) is 15.3. The van der Waals surface area contributed by atoms with E-state index < -0.39 is 0 Å². The lowest BCUT2D eigenvalue weighted by Crippen LogP contribution is -2.22. The Morgan fingerprint density at radius 2 is 1.08 bits per heavy atom. The Morgan fingerprint density at radius 3 is 1.68 bits per heavy atom. The summed E-state index contributed by atoms with van der Waals surface area (Å²) in [6, 6.07) is 14.4. The number of rotatable bonds is 6. The molecule has 2 saturated carbocycles. The maximum atomic E-state index is 2.49. The van der Waals surface area contributed by atoms with Crippen molar-refractivity contribution in [1.82, 2.24) is 0 Å². The summed E-state index contributed by atoms with van der Waals surface area (Å²) < 4.78 is 0. The smallest absolute Gasteiger partial charge is 0.0152 e. The van der Waals surface area contributed by atoms with Crippen molar-refractivity contribution in [1.29, 1.82) is 0 Å². The van der Waals surface area contributed by atoms with Gasteiger partial charge in [-0.1, -0.05) is 67.6 Å². The highest BCUT2D eigenvalue weighted by Gasteiger charge is 2.27. The van der Waals surface area contributed by atoms with Gasteiger partial charge in [0.25, 0.3) is 0 Å². The van der Waals surface area contributed by atoms with E-state index in [0.29, 0.717) is 0 Å².